The van der Waals surface area contributed by atoms with Crippen LogP contribution in [0.1, 0.15) is 43.8 Å². The normalized spacial score (nSPS) is 12.8. The highest BCUT2D eigenvalue weighted by Crippen LogP contribution is 2.20. The van der Waals surface area contributed by atoms with Gasteiger partial charge in [0.05, 0.1) is 12.2 Å². The van der Waals surface area contributed by atoms with Crippen LogP contribution in [-0.2, 0) is 4.79 Å². The number of aryl methyl sites for hydroxylation is 2. The van der Waals surface area contributed by atoms with Crippen molar-refractivity contribution in [3.05, 3.63) is 17.0 Å². The fourth-order valence-corrected chi connectivity index (χ4v) is 1.86. The lowest BCUT2D eigenvalue weighted by Crippen LogP contribution is -2.40. The van der Waals surface area contributed by atoms with Gasteiger partial charge in [0.15, 0.2) is 0 Å². The summed E-state index contributed by atoms with van der Waals surface area (Å²) in [4.78, 5) is 13.6. The van der Waals surface area contributed by atoms with Gasteiger partial charge in [0.1, 0.15) is 5.76 Å². The molecule has 102 valence electrons. The molecule has 0 aliphatic carbocycles. The number of hydrogen-bond donors (Lipinski definition) is 1. The van der Waals surface area contributed by atoms with Gasteiger partial charge in [-0.3, -0.25) is 4.79 Å². The zero-order valence-electron chi connectivity index (χ0n) is 12.1. The second kappa shape index (κ2) is 6.00. The third kappa shape index (κ3) is 3.32. The number of hydrogen-bond acceptors (Lipinski definition) is 4. The Kier molecular flexibility index (Phi) is 4.90. The molecule has 5 nitrogen and oxygen atoms in total. The Labute approximate surface area is 109 Å². The van der Waals surface area contributed by atoms with E-state index in [0.29, 0.717) is 6.54 Å². The minimum absolute atomic E-state index is 0.0563. The second-order valence-electron chi connectivity index (χ2n) is 4.94. The number of nitrogens with one attached hydrogen (secondary N) is 1. The Morgan fingerprint density at radius 1 is 1.39 bits per heavy atom. The summed E-state index contributed by atoms with van der Waals surface area (Å²) in [5.41, 5.74) is 1.91. The van der Waals surface area contributed by atoms with Gasteiger partial charge in [0.2, 0.25) is 5.91 Å². The summed E-state index contributed by atoms with van der Waals surface area (Å²) in [5, 5.41) is 7.13. The number of carbonyl (C=O) groups is 1. The molecule has 1 unspecified atom stereocenters. The van der Waals surface area contributed by atoms with Crippen LogP contribution in [0, 0.1) is 13.8 Å². The number of amides is 1. The van der Waals surface area contributed by atoms with Gasteiger partial charge in [-0.2, -0.15) is 0 Å². The van der Waals surface area contributed by atoms with Gasteiger partial charge in [0, 0.05) is 24.7 Å². The second-order valence-corrected chi connectivity index (χ2v) is 4.94. The van der Waals surface area contributed by atoms with Crippen LogP contribution in [-0.4, -0.2) is 35.6 Å². The Bertz CT molecular complexity index is 393. The number of aromatic nitrogens is 1. The molecule has 0 radical (unpaired) electrons. The highest BCUT2D eigenvalue weighted by atomic mass is 16.5. The minimum Gasteiger partial charge on any atom is -0.361 e. The third-order valence-corrected chi connectivity index (χ3v) is 3.25. The molecule has 0 aliphatic rings. The van der Waals surface area contributed by atoms with Gasteiger partial charge < -0.3 is 14.7 Å². The van der Waals surface area contributed by atoms with Crippen molar-refractivity contribution in [2.45, 2.75) is 46.7 Å². The summed E-state index contributed by atoms with van der Waals surface area (Å²) in [5.74, 6) is 0.890. The van der Waals surface area contributed by atoms with Crippen molar-refractivity contribution in [1.29, 1.82) is 0 Å². The summed E-state index contributed by atoms with van der Waals surface area (Å²) in [6.07, 6.45) is 0. The molecule has 1 aromatic rings. The molecule has 0 aromatic carbocycles. The molecule has 5 heteroatoms. The van der Waals surface area contributed by atoms with E-state index >= 15 is 0 Å². The molecule has 0 aliphatic heterocycles. The number of rotatable bonds is 5. The van der Waals surface area contributed by atoms with Gasteiger partial charge >= 0.3 is 0 Å². The first-order valence-corrected chi connectivity index (χ1v) is 6.26. The van der Waals surface area contributed by atoms with Crippen molar-refractivity contribution in [1.82, 2.24) is 15.4 Å². The predicted octanol–water partition coefficient (Wildman–Crippen LogP) is 1.81. The van der Waals surface area contributed by atoms with Crippen LogP contribution in [0.15, 0.2) is 4.52 Å². The van der Waals surface area contributed by atoms with Crippen LogP contribution >= 0.6 is 0 Å². The van der Waals surface area contributed by atoms with Gasteiger partial charge in [-0.1, -0.05) is 5.16 Å². The van der Waals surface area contributed by atoms with Crippen molar-refractivity contribution >= 4 is 5.91 Å². The van der Waals surface area contributed by atoms with E-state index in [2.05, 4.69) is 10.5 Å². The van der Waals surface area contributed by atoms with Gasteiger partial charge in [0.25, 0.3) is 0 Å². The van der Waals surface area contributed by atoms with Crippen LogP contribution in [0.5, 0.6) is 0 Å². The van der Waals surface area contributed by atoms with E-state index in [1.54, 1.807) is 4.90 Å². The first-order chi connectivity index (χ1) is 8.34. The quantitative estimate of drug-likeness (QED) is 0.869. The average molecular weight is 253 g/mol. The Balaban J connectivity index is 2.57. The fourth-order valence-electron chi connectivity index (χ4n) is 1.86. The van der Waals surface area contributed by atoms with Crippen molar-refractivity contribution in [2.75, 3.05) is 13.6 Å². The van der Waals surface area contributed by atoms with Crippen LogP contribution in [0.2, 0.25) is 0 Å². The maximum absolute atomic E-state index is 11.9. The maximum Gasteiger partial charge on any atom is 0.236 e. The fraction of sp³-hybridized carbons (Fsp3) is 0.692. The number of carbonyl (C=O) groups excluding carboxylic acids is 1. The molecule has 0 bridgehead atoms. The van der Waals surface area contributed by atoms with E-state index in [0.717, 1.165) is 17.0 Å². The third-order valence-electron chi connectivity index (χ3n) is 3.25. The first kappa shape index (κ1) is 14.7. The largest absolute Gasteiger partial charge is 0.361 e. The van der Waals surface area contributed by atoms with Crippen LogP contribution < -0.4 is 5.32 Å². The molecule has 1 aromatic heterocycles. The molecule has 0 spiro atoms. The summed E-state index contributed by atoms with van der Waals surface area (Å²) < 4.78 is 5.12. The zero-order chi connectivity index (χ0) is 13.9. The average Bonchev–Trinajstić information content (AvgIpc) is 2.64. The lowest BCUT2D eigenvalue weighted by Gasteiger charge is -2.23. The molecule has 1 atom stereocenters. The topological polar surface area (TPSA) is 58.4 Å². The molecule has 0 saturated heterocycles. The molecule has 18 heavy (non-hydrogen) atoms. The van der Waals surface area contributed by atoms with Crippen molar-refractivity contribution in [3.63, 3.8) is 0 Å². The summed E-state index contributed by atoms with van der Waals surface area (Å²) in [6.45, 7) is 10.1. The predicted molar refractivity (Wildman–Crippen MR) is 70.3 cm³/mol. The van der Waals surface area contributed by atoms with E-state index in [4.69, 9.17) is 4.52 Å². The van der Waals surface area contributed by atoms with Crippen LogP contribution in [0.25, 0.3) is 0 Å². The highest BCUT2D eigenvalue weighted by Gasteiger charge is 2.18. The van der Waals surface area contributed by atoms with Crippen molar-refractivity contribution < 1.29 is 9.32 Å². The van der Waals surface area contributed by atoms with E-state index in [1.807, 2.05) is 41.7 Å². The van der Waals surface area contributed by atoms with E-state index in [1.165, 1.54) is 0 Å². The van der Waals surface area contributed by atoms with Crippen LogP contribution in [0.4, 0.5) is 0 Å². The minimum atomic E-state index is 0.0563. The van der Waals surface area contributed by atoms with E-state index in [9.17, 15) is 4.79 Å². The molecule has 1 rings (SSSR count). The maximum atomic E-state index is 11.9. The number of likely N-dealkylation sites (N-methyl/N-ethyl adjacent to an activating group) is 1. The molecule has 1 amide bonds. The molecule has 1 N–H and O–H groups in total. The Morgan fingerprint density at radius 3 is 2.44 bits per heavy atom. The highest BCUT2D eigenvalue weighted by molar-refractivity contribution is 5.78. The number of nitrogens with zero attached hydrogens (tertiary/aromatic N) is 2. The lowest BCUT2D eigenvalue weighted by molar-refractivity contribution is -0.130. The van der Waals surface area contributed by atoms with Gasteiger partial charge in [-0.15, -0.1) is 0 Å². The van der Waals surface area contributed by atoms with E-state index < -0.39 is 0 Å². The smallest absolute Gasteiger partial charge is 0.236 e. The van der Waals surface area contributed by atoms with Crippen molar-refractivity contribution in [2.24, 2.45) is 0 Å². The Hall–Kier alpha value is -1.36. The summed E-state index contributed by atoms with van der Waals surface area (Å²) >= 11 is 0. The van der Waals surface area contributed by atoms with E-state index in [-0.39, 0.29) is 18.0 Å². The van der Waals surface area contributed by atoms with Crippen LogP contribution in [0.3, 0.4) is 0 Å². The summed E-state index contributed by atoms with van der Waals surface area (Å²) in [7, 11) is 1.81. The van der Waals surface area contributed by atoms with Crippen molar-refractivity contribution in [3.8, 4) is 0 Å². The lowest BCUT2D eigenvalue weighted by atomic mass is 10.1. The summed E-state index contributed by atoms with van der Waals surface area (Å²) in [6, 6.07) is 0.273. The monoisotopic (exact) mass is 253 g/mol. The van der Waals surface area contributed by atoms with Gasteiger partial charge in [-0.05, 0) is 34.6 Å². The first-order valence-electron chi connectivity index (χ1n) is 6.26. The molecule has 1 heterocycles. The molecular weight excluding hydrogens is 230 g/mol. The molecule has 0 fully saturated rings. The SMILES string of the molecule is Cc1noc(C)c1C(C)NCC(=O)N(C)C(C)C. The van der Waals surface area contributed by atoms with Gasteiger partial charge in [-0.25, -0.2) is 0 Å². The standard InChI is InChI=1S/C13H23N3O2/c1-8(2)16(6)12(17)7-14-9(3)13-10(4)15-18-11(13)5/h8-9,14H,7H2,1-6H3. The molecular formula is C13H23N3O2. The zero-order valence-corrected chi connectivity index (χ0v) is 12.1. The Morgan fingerprint density at radius 2 is 2.00 bits per heavy atom. The molecule has 0 saturated carbocycles.